The molecular weight excluding hydrogens is 409 g/mol. The third-order valence-electron chi connectivity index (χ3n) is 4.70. The largest absolute Gasteiger partial charge is 0.466 e. The monoisotopic (exact) mass is 429 g/mol. The van der Waals surface area contributed by atoms with Gasteiger partial charge in [-0.05, 0) is 35.4 Å². The van der Waals surface area contributed by atoms with E-state index in [9.17, 15) is 18.8 Å². The second kappa shape index (κ2) is 9.40. The van der Waals surface area contributed by atoms with Crippen LogP contribution in [0.5, 0.6) is 0 Å². The molecule has 9 heteroatoms. The number of methoxy groups -OCH3 is 3. The third-order valence-corrected chi connectivity index (χ3v) is 4.70. The van der Waals surface area contributed by atoms with Gasteiger partial charge < -0.3 is 23.8 Å². The molecule has 0 saturated heterocycles. The van der Waals surface area contributed by atoms with Crippen LogP contribution in [0.1, 0.15) is 10.4 Å². The Morgan fingerprint density at radius 1 is 0.903 bits per heavy atom. The Morgan fingerprint density at radius 3 is 2.23 bits per heavy atom. The molecule has 1 heterocycles. The lowest BCUT2D eigenvalue weighted by Gasteiger charge is -2.31. The summed E-state index contributed by atoms with van der Waals surface area (Å²) < 4.78 is 34.0. The van der Waals surface area contributed by atoms with E-state index in [1.54, 1.807) is 30.3 Å². The van der Waals surface area contributed by atoms with Crippen LogP contribution in [-0.2, 0) is 28.5 Å². The number of benzene rings is 2. The van der Waals surface area contributed by atoms with Crippen molar-refractivity contribution < 1.29 is 37.7 Å². The highest BCUT2D eigenvalue weighted by Crippen LogP contribution is 2.31. The Balaban J connectivity index is 2.04. The van der Waals surface area contributed by atoms with Gasteiger partial charge in [-0.15, -0.1) is 0 Å². The molecule has 3 rings (SSSR count). The lowest BCUT2D eigenvalue weighted by atomic mass is 10.0. The fourth-order valence-corrected chi connectivity index (χ4v) is 3.17. The van der Waals surface area contributed by atoms with Gasteiger partial charge in [0.05, 0.1) is 39.1 Å². The number of carbonyl (C=O) groups is 3. The number of esters is 3. The number of nitrogens with zero attached hydrogens (tertiary/aromatic N) is 1. The second-order valence-corrected chi connectivity index (χ2v) is 6.45. The van der Waals surface area contributed by atoms with Crippen LogP contribution in [0.3, 0.4) is 0 Å². The summed E-state index contributed by atoms with van der Waals surface area (Å²) in [4.78, 5) is 37.7. The zero-order valence-electron chi connectivity index (χ0n) is 17.1. The Morgan fingerprint density at radius 2 is 1.58 bits per heavy atom. The van der Waals surface area contributed by atoms with Crippen LogP contribution in [0, 0.1) is 5.82 Å². The van der Waals surface area contributed by atoms with Gasteiger partial charge in [-0.25, -0.2) is 18.8 Å². The number of ether oxygens (including phenoxy) is 4. The molecule has 31 heavy (non-hydrogen) atoms. The molecule has 8 nitrogen and oxygen atoms in total. The Labute approximate surface area is 177 Å². The van der Waals surface area contributed by atoms with Crippen LogP contribution < -0.4 is 4.90 Å². The Bertz CT molecular complexity index is 1060. The summed E-state index contributed by atoms with van der Waals surface area (Å²) in [6, 6.07) is 11.0. The van der Waals surface area contributed by atoms with E-state index in [0.717, 1.165) is 0 Å². The fraction of sp³-hybridized carbons (Fsp3) is 0.227. The molecule has 1 aliphatic heterocycles. The number of carbonyl (C=O) groups excluding carboxylic acids is 3. The molecule has 0 spiro atoms. The molecule has 0 radical (unpaired) electrons. The van der Waals surface area contributed by atoms with Crippen LogP contribution in [0.4, 0.5) is 10.1 Å². The van der Waals surface area contributed by atoms with Gasteiger partial charge in [0.15, 0.2) is 0 Å². The fourth-order valence-electron chi connectivity index (χ4n) is 3.17. The summed E-state index contributed by atoms with van der Waals surface area (Å²) in [5, 5.41) is 0. The Hall–Kier alpha value is -3.72. The predicted octanol–water partition coefficient (Wildman–Crippen LogP) is 2.67. The van der Waals surface area contributed by atoms with Crippen molar-refractivity contribution in [3.8, 4) is 11.1 Å². The molecule has 0 N–H and O–H groups in total. The Kier molecular flexibility index (Phi) is 6.66. The van der Waals surface area contributed by atoms with Gasteiger partial charge in [0.2, 0.25) is 0 Å². The van der Waals surface area contributed by atoms with E-state index in [4.69, 9.17) is 14.2 Å². The number of halogens is 1. The quantitative estimate of drug-likeness (QED) is 0.529. The van der Waals surface area contributed by atoms with E-state index < -0.39 is 23.7 Å². The number of hydrogen-bond donors (Lipinski definition) is 0. The zero-order chi connectivity index (χ0) is 22.5. The van der Waals surface area contributed by atoms with Crippen LogP contribution in [-0.4, -0.2) is 52.6 Å². The van der Waals surface area contributed by atoms with Crippen LogP contribution in [0.25, 0.3) is 11.1 Å². The lowest BCUT2D eigenvalue weighted by molar-refractivity contribution is -0.140. The van der Waals surface area contributed by atoms with Gasteiger partial charge in [-0.3, -0.25) is 0 Å². The van der Waals surface area contributed by atoms with Crippen molar-refractivity contribution in [3.05, 3.63) is 65.1 Å². The predicted molar refractivity (Wildman–Crippen MR) is 108 cm³/mol. The van der Waals surface area contributed by atoms with Gasteiger partial charge in [0.25, 0.3) is 0 Å². The SMILES string of the molecule is COC(=O)C1=C(C(=O)OC)N(c2cccc(-c3ccc(C(=O)OC)c(F)c3)c2)COC1. The maximum absolute atomic E-state index is 14.4. The molecule has 0 bridgehead atoms. The van der Waals surface area contributed by atoms with Gasteiger partial charge in [0, 0.05) is 5.69 Å². The summed E-state index contributed by atoms with van der Waals surface area (Å²) in [5.41, 5.74) is 1.48. The van der Waals surface area contributed by atoms with E-state index in [2.05, 4.69) is 4.74 Å². The minimum Gasteiger partial charge on any atom is -0.466 e. The smallest absolute Gasteiger partial charge is 0.355 e. The molecule has 0 amide bonds. The van der Waals surface area contributed by atoms with Crippen LogP contribution in [0.2, 0.25) is 0 Å². The minimum absolute atomic E-state index is 0.00460. The van der Waals surface area contributed by atoms with Gasteiger partial charge in [-0.1, -0.05) is 18.2 Å². The van der Waals surface area contributed by atoms with Crippen molar-refractivity contribution in [2.45, 2.75) is 0 Å². The highest BCUT2D eigenvalue weighted by molar-refractivity contribution is 6.03. The maximum atomic E-state index is 14.4. The number of rotatable bonds is 5. The number of anilines is 1. The highest BCUT2D eigenvalue weighted by Gasteiger charge is 2.32. The lowest BCUT2D eigenvalue weighted by Crippen LogP contribution is -2.38. The van der Waals surface area contributed by atoms with Crippen LogP contribution in [0.15, 0.2) is 53.7 Å². The number of hydrogen-bond acceptors (Lipinski definition) is 8. The molecule has 0 saturated carbocycles. The molecule has 0 aliphatic carbocycles. The second-order valence-electron chi connectivity index (χ2n) is 6.45. The molecule has 162 valence electrons. The molecule has 0 unspecified atom stereocenters. The summed E-state index contributed by atoms with van der Waals surface area (Å²) in [6.45, 7) is -0.114. The van der Waals surface area contributed by atoms with Crippen molar-refractivity contribution >= 4 is 23.6 Å². The summed E-state index contributed by atoms with van der Waals surface area (Å²) in [7, 11) is 3.59. The maximum Gasteiger partial charge on any atom is 0.355 e. The topological polar surface area (TPSA) is 91.4 Å². The van der Waals surface area contributed by atoms with Gasteiger partial charge in [-0.2, -0.15) is 0 Å². The van der Waals surface area contributed by atoms with Gasteiger partial charge in [0.1, 0.15) is 18.2 Å². The first-order chi connectivity index (χ1) is 14.9. The average molecular weight is 429 g/mol. The molecule has 2 aromatic carbocycles. The van der Waals surface area contributed by atoms with Crippen molar-refractivity contribution in [2.75, 3.05) is 39.6 Å². The summed E-state index contributed by atoms with van der Waals surface area (Å²) >= 11 is 0. The standard InChI is InChI=1S/C22H20FNO7/c1-28-20(25)16-8-7-14(10-18(16)23)13-5-4-6-15(9-13)24-12-31-11-17(21(26)29-2)19(24)22(27)30-3/h4-10H,11-12H2,1-3H3. The van der Waals surface area contributed by atoms with Crippen molar-refractivity contribution in [1.82, 2.24) is 0 Å². The molecular formula is C22H20FNO7. The molecule has 0 aromatic heterocycles. The molecule has 0 fully saturated rings. The van der Waals surface area contributed by atoms with E-state index >= 15 is 0 Å². The van der Waals surface area contributed by atoms with E-state index in [0.29, 0.717) is 16.8 Å². The normalized spacial score (nSPS) is 13.6. The van der Waals surface area contributed by atoms with Crippen molar-refractivity contribution in [3.63, 3.8) is 0 Å². The van der Waals surface area contributed by atoms with E-state index in [-0.39, 0.29) is 30.2 Å². The van der Waals surface area contributed by atoms with E-state index in [1.165, 1.54) is 38.4 Å². The first kappa shape index (κ1) is 22.0. The molecule has 1 aliphatic rings. The first-order valence-corrected chi connectivity index (χ1v) is 9.14. The first-order valence-electron chi connectivity index (χ1n) is 9.14. The van der Waals surface area contributed by atoms with Crippen LogP contribution >= 0.6 is 0 Å². The molecule has 0 atom stereocenters. The summed E-state index contributed by atoms with van der Waals surface area (Å²) in [6.07, 6.45) is 0. The summed E-state index contributed by atoms with van der Waals surface area (Å²) in [5.74, 6) is -2.92. The average Bonchev–Trinajstić information content (AvgIpc) is 2.82. The minimum atomic E-state index is -0.772. The zero-order valence-corrected chi connectivity index (χ0v) is 17.1. The molecule has 2 aromatic rings. The highest BCUT2D eigenvalue weighted by atomic mass is 19.1. The van der Waals surface area contributed by atoms with E-state index in [1.807, 2.05) is 0 Å². The van der Waals surface area contributed by atoms with Gasteiger partial charge >= 0.3 is 17.9 Å². The third kappa shape index (κ3) is 4.41. The van der Waals surface area contributed by atoms with Crippen molar-refractivity contribution in [2.24, 2.45) is 0 Å². The van der Waals surface area contributed by atoms with Crippen molar-refractivity contribution in [1.29, 1.82) is 0 Å².